The molecule has 0 saturated heterocycles. The first kappa shape index (κ1) is 11.2. The number of nitrogens with one attached hydrogen (secondary N) is 1. The van der Waals surface area contributed by atoms with Crippen LogP contribution in [0.5, 0.6) is 0 Å². The van der Waals surface area contributed by atoms with E-state index in [2.05, 4.69) is 5.10 Å². The zero-order valence-corrected chi connectivity index (χ0v) is 9.30. The van der Waals surface area contributed by atoms with Gasteiger partial charge in [0.05, 0.1) is 5.69 Å². The fourth-order valence-corrected chi connectivity index (χ4v) is 1.71. The van der Waals surface area contributed by atoms with Gasteiger partial charge < -0.3 is 5.11 Å². The van der Waals surface area contributed by atoms with Crippen LogP contribution in [0.2, 0.25) is 0 Å². The molecular weight excluding hydrogens is 220 g/mol. The molecule has 5 nitrogen and oxygen atoms in total. The summed E-state index contributed by atoms with van der Waals surface area (Å²) in [6.45, 7) is 1.98. The number of nitrogens with zero attached hydrogens (tertiary/aromatic N) is 1. The predicted molar refractivity (Wildman–Crippen MR) is 62.7 cm³/mol. The van der Waals surface area contributed by atoms with Gasteiger partial charge in [0.15, 0.2) is 0 Å². The van der Waals surface area contributed by atoms with Gasteiger partial charge in [-0.2, -0.15) is 0 Å². The Balaban J connectivity index is 2.60. The van der Waals surface area contributed by atoms with Crippen LogP contribution in [0.4, 0.5) is 0 Å². The Hall–Kier alpha value is -2.30. The van der Waals surface area contributed by atoms with Crippen LogP contribution in [0.1, 0.15) is 23.0 Å². The normalized spacial score (nSPS) is 10.4. The molecule has 0 spiro atoms. The fourth-order valence-electron chi connectivity index (χ4n) is 1.71. The second kappa shape index (κ2) is 4.29. The molecule has 17 heavy (non-hydrogen) atoms. The van der Waals surface area contributed by atoms with E-state index in [9.17, 15) is 9.59 Å². The maximum atomic E-state index is 11.7. The summed E-state index contributed by atoms with van der Waals surface area (Å²) in [6, 6.07) is 8.46. The van der Waals surface area contributed by atoms with Gasteiger partial charge in [0.25, 0.3) is 5.56 Å². The lowest BCUT2D eigenvalue weighted by Gasteiger charge is -2.07. The Morgan fingerprint density at radius 1 is 1.41 bits per heavy atom. The van der Waals surface area contributed by atoms with Gasteiger partial charge in [0, 0.05) is 6.07 Å². The van der Waals surface area contributed by atoms with Gasteiger partial charge >= 0.3 is 5.97 Å². The summed E-state index contributed by atoms with van der Waals surface area (Å²) in [4.78, 5) is 22.5. The number of hydrogen-bond acceptors (Lipinski definition) is 2. The predicted octanol–water partition coefficient (Wildman–Crippen LogP) is 1.43. The molecule has 2 rings (SSSR count). The number of rotatable bonds is 3. The topological polar surface area (TPSA) is 75.1 Å². The highest BCUT2D eigenvalue weighted by Crippen LogP contribution is 2.12. The van der Waals surface area contributed by atoms with E-state index in [1.807, 2.05) is 25.1 Å². The molecule has 2 aromatic rings. The molecule has 0 saturated carbocycles. The van der Waals surface area contributed by atoms with E-state index < -0.39 is 5.97 Å². The van der Waals surface area contributed by atoms with Crippen LogP contribution in [0.25, 0.3) is 5.69 Å². The average molecular weight is 232 g/mol. The Kier molecular flexibility index (Phi) is 2.82. The summed E-state index contributed by atoms with van der Waals surface area (Å²) in [5.74, 6) is -1.14. The Bertz CT molecular complexity index is 610. The van der Waals surface area contributed by atoms with Gasteiger partial charge in [-0.15, -0.1) is 0 Å². The van der Waals surface area contributed by atoms with Crippen LogP contribution >= 0.6 is 0 Å². The number of hydrogen-bond donors (Lipinski definition) is 2. The van der Waals surface area contributed by atoms with E-state index in [-0.39, 0.29) is 11.3 Å². The van der Waals surface area contributed by atoms with Crippen molar-refractivity contribution in [3.8, 4) is 5.69 Å². The molecule has 1 aromatic heterocycles. The molecule has 0 aliphatic rings. The van der Waals surface area contributed by atoms with Gasteiger partial charge in [0.2, 0.25) is 0 Å². The van der Waals surface area contributed by atoms with E-state index in [1.165, 1.54) is 4.68 Å². The van der Waals surface area contributed by atoms with E-state index in [1.54, 1.807) is 6.07 Å². The van der Waals surface area contributed by atoms with Crippen molar-refractivity contribution in [2.45, 2.75) is 13.3 Å². The number of aromatic amines is 1. The molecule has 0 radical (unpaired) electrons. The van der Waals surface area contributed by atoms with Crippen molar-refractivity contribution in [1.82, 2.24) is 9.78 Å². The van der Waals surface area contributed by atoms with Crippen LogP contribution in [0, 0.1) is 0 Å². The van der Waals surface area contributed by atoms with Crippen molar-refractivity contribution in [3.63, 3.8) is 0 Å². The minimum atomic E-state index is -1.14. The SMILES string of the molecule is CCc1ccccc1-n1[nH]c(C(=O)O)cc1=O. The number of para-hydroxylation sites is 1. The largest absolute Gasteiger partial charge is 0.477 e. The Morgan fingerprint density at radius 2 is 2.12 bits per heavy atom. The maximum Gasteiger partial charge on any atom is 0.353 e. The van der Waals surface area contributed by atoms with E-state index in [4.69, 9.17) is 5.11 Å². The molecule has 0 aliphatic carbocycles. The maximum absolute atomic E-state index is 11.7. The fraction of sp³-hybridized carbons (Fsp3) is 0.167. The second-order valence-corrected chi connectivity index (χ2v) is 3.63. The van der Waals surface area contributed by atoms with E-state index in [0.717, 1.165) is 18.1 Å². The molecule has 0 atom stereocenters. The highest BCUT2D eigenvalue weighted by molar-refractivity contribution is 5.85. The highest BCUT2D eigenvalue weighted by atomic mass is 16.4. The molecule has 0 bridgehead atoms. The number of carboxylic acids is 1. The summed E-state index contributed by atoms with van der Waals surface area (Å²) in [6.07, 6.45) is 0.768. The minimum Gasteiger partial charge on any atom is -0.477 e. The second-order valence-electron chi connectivity index (χ2n) is 3.63. The number of carboxylic acid groups (broad SMARTS) is 1. The highest BCUT2D eigenvalue weighted by Gasteiger charge is 2.11. The van der Waals surface area contributed by atoms with Crippen molar-refractivity contribution in [1.29, 1.82) is 0 Å². The Morgan fingerprint density at radius 3 is 2.71 bits per heavy atom. The third-order valence-electron chi connectivity index (χ3n) is 2.56. The molecule has 0 aliphatic heterocycles. The van der Waals surface area contributed by atoms with Crippen LogP contribution in [-0.4, -0.2) is 20.9 Å². The Labute approximate surface area is 97.3 Å². The van der Waals surface area contributed by atoms with Crippen LogP contribution in [-0.2, 0) is 6.42 Å². The number of aromatic carboxylic acids is 1. The van der Waals surface area contributed by atoms with Crippen LogP contribution in [0.3, 0.4) is 0 Å². The van der Waals surface area contributed by atoms with Crippen molar-refractivity contribution in [2.24, 2.45) is 0 Å². The summed E-state index contributed by atoms with van der Waals surface area (Å²) in [7, 11) is 0. The van der Waals surface area contributed by atoms with Crippen molar-refractivity contribution < 1.29 is 9.90 Å². The van der Waals surface area contributed by atoms with E-state index in [0.29, 0.717) is 5.69 Å². The van der Waals surface area contributed by atoms with Crippen molar-refractivity contribution >= 4 is 5.97 Å². The smallest absolute Gasteiger partial charge is 0.353 e. The lowest BCUT2D eigenvalue weighted by Crippen LogP contribution is -2.15. The number of aromatic nitrogens is 2. The first-order valence-corrected chi connectivity index (χ1v) is 5.27. The third kappa shape index (κ3) is 1.99. The van der Waals surface area contributed by atoms with Crippen LogP contribution < -0.4 is 5.56 Å². The monoisotopic (exact) mass is 232 g/mol. The van der Waals surface area contributed by atoms with Gasteiger partial charge in [-0.05, 0) is 18.1 Å². The summed E-state index contributed by atoms with van der Waals surface area (Å²) < 4.78 is 1.25. The molecule has 2 N–H and O–H groups in total. The molecule has 0 unspecified atom stereocenters. The number of aryl methyl sites for hydroxylation is 1. The number of H-pyrrole nitrogens is 1. The summed E-state index contributed by atoms with van der Waals surface area (Å²) in [5.41, 5.74) is 1.19. The molecule has 0 amide bonds. The zero-order chi connectivity index (χ0) is 12.4. The van der Waals surface area contributed by atoms with Gasteiger partial charge in [-0.25, -0.2) is 9.48 Å². The van der Waals surface area contributed by atoms with Crippen molar-refractivity contribution in [3.05, 3.63) is 51.9 Å². The minimum absolute atomic E-state index is 0.110. The quantitative estimate of drug-likeness (QED) is 0.840. The van der Waals surface area contributed by atoms with Gasteiger partial charge in [-0.3, -0.25) is 9.89 Å². The van der Waals surface area contributed by atoms with E-state index >= 15 is 0 Å². The standard InChI is InChI=1S/C12H12N2O3/c1-2-8-5-3-4-6-10(8)14-11(15)7-9(13-14)12(16)17/h3-7,13H,2H2,1H3,(H,16,17). The lowest BCUT2D eigenvalue weighted by atomic mass is 10.1. The molecule has 5 heteroatoms. The summed E-state index contributed by atoms with van der Waals surface area (Å²) >= 11 is 0. The first-order chi connectivity index (χ1) is 8.13. The zero-order valence-electron chi connectivity index (χ0n) is 9.30. The van der Waals surface area contributed by atoms with Crippen molar-refractivity contribution in [2.75, 3.05) is 0 Å². The van der Waals surface area contributed by atoms with Gasteiger partial charge in [0.1, 0.15) is 5.69 Å². The molecule has 1 heterocycles. The number of carbonyl (C=O) groups is 1. The summed E-state index contributed by atoms with van der Waals surface area (Å²) in [5, 5.41) is 11.4. The molecular formula is C12H12N2O3. The first-order valence-electron chi connectivity index (χ1n) is 5.27. The molecule has 0 fully saturated rings. The van der Waals surface area contributed by atoms with Gasteiger partial charge in [-0.1, -0.05) is 25.1 Å². The molecule has 1 aromatic carbocycles. The number of benzene rings is 1. The van der Waals surface area contributed by atoms with Crippen LogP contribution in [0.15, 0.2) is 35.1 Å². The average Bonchev–Trinajstić information content (AvgIpc) is 2.71. The third-order valence-corrected chi connectivity index (χ3v) is 2.56. The molecule has 88 valence electrons. The lowest BCUT2D eigenvalue weighted by molar-refractivity contribution is 0.0690.